The van der Waals surface area contributed by atoms with E-state index >= 15 is 0 Å². The van der Waals surface area contributed by atoms with Gasteiger partial charge < -0.3 is 25.2 Å². The molecule has 4 aromatic carbocycles. The molecule has 11 nitrogen and oxygen atoms in total. The Morgan fingerprint density at radius 3 is 2.14 bits per heavy atom. The molecule has 0 bridgehead atoms. The summed E-state index contributed by atoms with van der Waals surface area (Å²) in [5, 5.41) is 15.4. The largest absolute Gasteiger partial charge is 0.487 e. The van der Waals surface area contributed by atoms with E-state index in [2.05, 4.69) is 20.3 Å². The highest BCUT2D eigenvalue weighted by molar-refractivity contribution is 7.90. The number of carboxylic acid groups (broad SMARTS) is 1. The van der Waals surface area contributed by atoms with Crippen LogP contribution in [0.15, 0.2) is 82.7 Å². The molecule has 1 unspecified atom stereocenters. The minimum atomic E-state index is -4.04. The maximum atomic E-state index is 13.7. The maximum Gasteiger partial charge on any atom is 0.407 e. The second-order valence-electron chi connectivity index (χ2n) is 13.6. The van der Waals surface area contributed by atoms with Crippen LogP contribution in [0.3, 0.4) is 0 Å². The van der Waals surface area contributed by atoms with Crippen molar-refractivity contribution in [1.82, 2.24) is 10.0 Å². The number of amides is 1. The molecule has 4 aromatic rings. The molecule has 0 fully saturated rings. The number of nitrogens with zero attached hydrogens (tertiary/aromatic N) is 1. The van der Waals surface area contributed by atoms with Crippen LogP contribution in [0, 0.1) is 20.8 Å². The van der Waals surface area contributed by atoms with Crippen molar-refractivity contribution in [3.63, 3.8) is 0 Å². The summed E-state index contributed by atoms with van der Waals surface area (Å²) in [7, 11) is -2.57. The third kappa shape index (κ3) is 7.14. The first-order chi connectivity index (χ1) is 24.2. The van der Waals surface area contributed by atoms with E-state index in [-0.39, 0.29) is 29.8 Å². The van der Waals surface area contributed by atoms with Gasteiger partial charge in [0.1, 0.15) is 24.0 Å². The minimum Gasteiger partial charge on any atom is -0.487 e. The van der Waals surface area contributed by atoms with Crippen LogP contribution in [0.5, 0.6) is 5.75 Å². The van der Waals surface area contributed by atoms with Crippen molar-refractivity contribution in [3.8, 4) is 16.9 Å². The number of guanidine groups is 1. The number of fused-ring (bicyclic) bond motifs is 4. The van der Waals surface area contributed by atoms with Gasteiger partial charge in [-0.2, -0.15) is 0 Å². The highest BCUT2D eigenvalue weighted by atomic mass is 32.2. The second kappa shape index (κ2) is 13.7. The minimum absolute atomic E-state index is 0.00207. The number of carboxylic acids is 1. The fourth-order valence-electron chi connectivity index (χ4n) is 7.03. The number of hydrogen-bond donors (Lipinski definition) is 4. The molecule has 266 valence electrons. The Hall–Kier alpha value is -5.36. The number of benzene rings is 4. The molecule has 0 saturated carbocycles. The summed E-state index contributed by atoms with van der Waals surface area (Å²) in [6.07, 6.45) is -0.224. The van der Waals surface area contributed by atoms with Gasteiger partial charge in [0.25, 0.3) is 10.0 Å². The first-order valence-electron chi connectivity index (χ1n) is 16.7. The monoisotopic (exact) mass is 710 g/mol. The molecular weight excluding hydrogens is 669 g/mol. The maximum absolute atomic E-state index is 13.7. The van der Waals surface area contributed by atoms with E-state index in [1.54, 1.807) is 38.1 Å². The number of carbonyl (C=O) groups excluding carboxylic acids is 1. The molecule has 1 aliphatic heterocycles. The fraction of sp³-hybridized carbons (Fsp3) is 0.308. The summed E-state index contributed by atoms with van der Waals surface area (Å²) in [4.78, 5) is 29.3. The summed E-state index contributed by atoms with van der Waals surface area (Å²) < 4.78 is 41.7. The molecule has 1 heterocycles. The van der Waals surface area contributed by atoms with Crippen LogP contribution in [0.25, 0.3) is 11.1 Å². The molecule has 0 saturated heterocycles. The predicted molar refractivity (Wildman–Crippen MR) is 196 cm³/mol. The summed E-state index contributed by atoms with van der Waals surface area (Å²) in [5.74, 6) is -0.602. The molecule has 1 amide bonds. The van der Waals surface area contributed by atoms with Crippen LogP contribution < -0.4 is 20.1 Å². The van der Waals surface area contributed by atoms with E-state index in [0.717, 1.165) is 39.1 Å². The van der Waals surface area contributed by atoms with E-state index < -0.39 is 33.7 Å². The van der Waals surface area contributed by atoms with Gasteiger partial charge in [-0.15, -0.1) is 0 Å². The van der Waals surface area contributed by atoms with Gasteiger partial charge in [-0.05, 0) is 91.3 Å². The molecule has 1 aliphatic carbocycles. The summed E-state index contributed by atoms with van der Waals surface area (Å²) in [6.45, 7) is 9.46. The summed E-state index contributed by atoms with van der Waals surface area (Å²) in [6, 6.07) is 21.4. The topological polar surface area (TPSA) is 155 Å². The standard InChI is InChI=1S/C39H42N4O7S/c1-22-23(2)35(24(3)31-20-39(4,5)50-34(22)31)51(47,48)43-37(40-6)41-26-17-15-25(16-18-26)19-33(36(44)45)42-38(46)49-21-32-29-13-9-7-11-27(29)28-12-8-10-14-30(28)32/h7-18,32-33H,19-21H2,1-6H3,(H,42,46)(H,44,45)(H2,40,41,43). The lowest BCUT2D eigenvalue weighted by molar-refractivity contribution is -0.139. The molecular formula is C39H42N4O7S. The van der Waals surface area contributed by atoms with Crippen molar-refractivity contribution in [2.24, 2.45) is 4.99 Å². The second-order valence-corrected chi connectivity index (χ2v) is 15.2. The number of aliphatic imine (C=N–C) groups is 1. The normalized spacial score (nSPS) is 15.2. The van der Waals surface area contributed by atoms with Crippen LogP contribution in [0.4, 0.5) is 10.5 Å². The number of alkyl carbamates (subject to hydrolysis) is 1. The molecule has 4 N–H and O–H groups in total. The highest BCUT2D eigenvalue weighted by Gasteiger charge is 2.37. The average molecular weight is 711 g/mol. The fourth-order valence-corrected chi connectivity index (χ4v) is 8.61. The Bertz CT molecular complexity index is 2120. The third-order valence-corrected chi connectivity index (χ3v) is 11.2. The van der Waals surface area contributed by atoms with Gasteiger partial charge >= 0.3 is 12.1 Å². The van der Waals surface area contributed by atoms with Gasteiger partial charge in [0.2, 0.25) is 5.96 Å². The number of sulfonamides is 1. The van der Waals surface area contributed by atoms with E-state index in [4.69, 9.17) is 9.47 Å². The average Bonchev–Trinajstić information content (AvgIpc) is 3.60. The number of ether oxygens (including phenoxy) is 2. The Labute approximate surface area is 298 Å². The lowest BCUT2D eigenvalue weighted by Gasteiger charge is -2.20. The first-order valence-corrected chi connectivity index (χ1v) is 18.2. The zero-order chi connectivity index (χ0) is 36.7. The first kappa shape index (κ1) is 35.5. The van der Waals surface area contributed by atoms with E-state index in [0.29, 0.717) is 28.8 Å². The van der Waals surface area contributed by atoms with Crippen molar-refractivity contribution in [2.45, 2.75) is 69.9 Å². The number of aliphatic carboxylic acids is 1. The number of nitrogens with one attached hydrogen (secondary N) is 3. The van der Waals surface area contributed by atoms with Gasteiger partial charge in [0, 0.05) is 37.1 Å². The molecule has 0 aromatic heterocycles. The van der Waals surface area contributed by atoms with Crippen LogP contribution >= 0.6 is 0 Å². The lowest BCUT2D eigenvalue weighted by Crippen LogP contribution is -2.42. The van der Waals surface area contributed by atoms with Gasteiger partial charge in [0.05, 0.1) is 4.90 Å². The summed E-state index contributed by atoms with van der Waals surface area (Å²) >= 11 is 0. The zero-order valence-electron chi connectivity index (χ0n) is 29.5. The molecule has 0 spiro atoms. The number of carbonyl (C=O) groups is 2. The highest BCUT2D eigenvalue weighted by Crippen LogP contribution is 2.45. The number of rotatable bonds is 9. The van der Waals surface area contributed by atoms with Crippen molar-refractivity contribution >= 4 is 33.7 Å². The Morgan fingerprint density at radius 2 is 1.55 bits per heavy atom. The van der Waals surface area contributed by atoms with Crippen molar-refractivity contribution in [1.29, 1.82) is 0 Å². The van der Waals surface area contributed by atoms with Crippen LogP contribution in [0.1, 0.15) is 58.7 Å². The van der Waals surface area contributed by atoms with Crippen molar-refractivity contribution in [3.05, 3.63) is 112 Å². The third-order valence-electron chi connectivity index (χ3n) is 9.61. The van der Waals surface area contributed by atoms with Crippen molar-refractivity contribution < 1.29 is 32.6 Å². The SMILES string of the molecule is CN=C(Nc1ccc(CC(NC(=O)OCC2c3ccccc3-c3ccccc32)C(=O)O)cc1)NS(=O)(=O)c1c(C)c(C)c2c(c1C)CC(C)(C)O2. The lowest BCUT2D eigenvalue weighted by atomic mass is 9.94. The van der Waals surface area contributed by atoms with Crippen LogP contribution in [0.2, 0.25) is 0 Å². The van der Waals surface area contributed by atoms with Crippen molar-refractivity contribution in [2.75, 3.05) is 19.0 Å². The smallest absolute Gasteiger partial charge is 0.407 e. The van der Waals surface area contributed by atoms with Crippen LogP contribution in [-0.4, -0.2) is 56.8 Å². The Balaban J connectivity index is 1.08. The molecule has 2 aliphatic rings. The van der Waals surface area contributed by atoms with E-state index in [1.807, 2.05) is 69.3 Å². The predicted octanol–water partition coefficient (Wildman–Crippen LogP) is 6.24. The molecule has 1 atom stereocenters. The zero-order valence-corrected chi connectivity index (χ0v) is 30.3. The summed E-state index contributed by atoms with van der Waals surface area (Å²) in [5.41, 5.74) is 7.95. The van der Waals surface area contributed by atoms with Gasteiger partial charge in [-0.25, -0.2) is 22.7 Å². The number of hydrogen-bond acceptors (Lipinski definition) is 7. The molecule has 51 heavy (non-hydrogen) atoms. The quantitative estimate of drug-likeness (QED) is 0.118. The van der Waals surface area contributed by atoms with Gasteiger partial charge in [-0.1, -0.05) is 60.7 Å². The Kier molecular flexibility index (Phi) is 9.56. The van der Waals surface area contributed by atoms with E-state index in [1.165, 1.54) is 7.05 Å². The van der Waals surface area contributed by atoms with Crippen LogP contribution in [-0.2, 0) is 32.4 Å². The van der Waals surface area contributed by atoms with Gasteiger partial charge in [-0.3, -0.25) is 4.99 Å². The Morgan fingerprint density at radius 1 is 0.941 bits per heavy atom. The number of anilines is 1. The molecule has 12 heteroatoms. The van der Waals surface area contributed by atoms with E-state index in [9.17, 15) is 23.1 Å². The molecule has 0 radical (unpaired) electrons. The molecule has 6 rings (SSSR count). The van der Waals surface area contributed by atoms with Gasteiger partial charge in [0.15, 0.2) is 0 Å².